The molecular weight excluding hydrogens is 270 g/mol. The van der Waals surface area contributed by atoms with Gasteiger partial charge in [0.05, 0.1) is 0 Å². The van der Waals surface area contributed by atoms with Crippen LogP contribution in [0.1, 0.15) is 35.3 Å². The van der Waals surface area contributed by atoms with E-state index in [1.807, 2.05) is 42.5 Å². The fourth-order valence-corrected chi connectivity index (χ4v) is 3.01. The van der Waals surface area contributed by atoms with Gasteiger partial charge in [0.2, 0.25) is 0 Å². The first-order valence-corrected chi connectivity index (χ1v) is 7.76. The Kier molecular flexibility index (Phi) is 4.21. The molecule has 112 valence electrons. The van der Waals surface area contributed by atoms with Crippen LogP contribution in [-0.4, -0.2) is 17.9 Å². The predicted molar refractivity (Wildman–Crippen MR) is 90.2 cm³/mol. The Balaban J connectivity index is 1.71. The lowest BCUT2D eigenvalue weighted by Crippen LogP contribution is -2.31. The van der Waals surface area contributed by atoms with Gasteiger partial charge in [0.15, 0.2) is 5.78 Å². The maximum atomic E-state index is 12.4. The molecule has 0 aromatic heterocycles. The van der Waals surface area contributed by atoms with Crippen LogP contribution >= 0.6 is 0 Å². The average molecular weight is 291 g/mol. The molecule has 0 bridgehead atoms. The Labute approximate surface area is 131 Å². The summed E-state index contributed by atoms with van der Waals surface area (Å²) in [7, 11) is 0. The number of benzene rings is 2. The Morgan fingerprint density at radius 3 is 2.23 bits per heavy atom. The summed E-state index contributed by atoms with van der Waals surface area (Å²) in [6, 6.07) is 18.3. The van der Waals surface area contributed by atoms with Crippen LogP contribution in [0.5, 0.6) is 0 Å². The number of hydrogen-bond acceptors (Lipinski definition) is 2. The van der Waals surface area contributed by atoms with E-state index in [0.29, 0.717) is 12.1 Å². The van der Waals surface area contributed by atoms with E-state index in [0.717, 1.165) is 17.5 Å². The predicted octanol–water partition coefficient (Wildman–Crippen LogP) is 3.77. The number of rotatable bonds is 4. The monoisotopic (exact) mass is 291 g/mol. The summed E-state index contributed by atoms with van der Waals surface area (Å²) >= 11 is 0. The van der Waals surface area contributed by atoms with E-state index in [1.54, 1.807) is 0 Å². The van der Waals surface area contributed by atoms with E-state index >= 15 is 0 Å². The molecule has 2 aromatic carbocycles. The van der Waals surface area contributed by atoms with Crippen molar-refractivity contribution >= 4 is 5.78 Å². The van der Waals surface area contributed by atoms with Crippen molar-refractivity contribution in [1.29, 1.82) is 0 Å². The van der Waals surface area contributed by atoms with Crippen LogP contribution in [0.4, 0.5) is 0 Å². The first-order chi connectivity index (χ1) is 10.6. The zero-order valence-corrected chi connectivity index (χ0v) is 13.0. The molecule has 0 fully saturated rings. The third-order valence-electron chi connectivity index (χ3n) is 4.22. The maximum absolute atomic E-state index is 12.4. The summed E-state index contributed by atoms with van der Waals surface area (Å²) in [5.41, 5.74) is 4.14. The van der Waals surface area contributed by atoms with E-state index in [1.165, 1.54) is 11.1 Å². The molecule has 0 aliphatic carbocycles. The lowest BCUT2D eigenvalue weighted by molar-refractivity contribution is 0.103. The van der Waals surface area contributed by atoms with Gasteiger partial charge in [0.25, 0.3) is 0 Å². The van der Waals surface area contributed by atoms with Crippen LogP contribution < -0.4 is 5.32 Å². The van der Waals surface area contributed by atoms with Crippen molar-refractivity contribution in [3.8, 4) is 0 Å². The smallest absolute Gasteiger partial charge is 0.193 e. The third kappa shape index (κ3) is 3.18. The number of hydrogen-bond donors (Lipinski definition) is 1. The molecule has 2 aromatic rings. The minimum Gasteiger partial charge on any atom is -0.304 e. The van der Waals surface area contributed by atoms with Gasteiger partial charge in [-0.3, -0.25) is 4.79 Å². The molecule has 1 aliphatic rings. The van der Waals surface area contributed by atoms with E-state index in [9.17, 15) is 4.79 Å². The van der Waals surface area contributed by atoms with Gasteiger partial charge in [-0.2, -0.15) is 0 Å². The summed E-state index contributed by atoms with van der Waals surface area (Å²) in [5, 5.41) is 3.56. The van der Waals surface area contributed by atoms with Crippen molar-refractivity contribution in [3.63, 3.8) is 0 Å². The molecule has 1 N–H and O–H groups in total. The third-order valence-corrected chi connectivity index (χ3v) is 4.22. The topological polar surface area (TPSA) is 29.1 Å². The molecular formula is C20H21NO. The second kappa shape index (κ2) is 6.29. The zero-order valence-electron chi connectivity index (χ0n) is 13.0. The SMILES string of the molecule is CC1=C[C@H](C)N[C@@H]1Cc1ccc(C(=O)c2ccccc2)cc1. The number of ketones is 1. The van der Waals surface area contributed by atoms with Gasteiger partial charge in [-0.15, -0.1) is 0 Å². The number of nitrogens with one attached hydrogen (secondary N) is 1. The summed E-state index contributed by atoms with van der Waals surface area (Å²) in [5.74, 6) is 0.0795. The molecule has 0 saturated heterocycles. The molecule has 1 aliphatic heterocycles. The van der Waals surface area contributed by atoms with Gasteiger partial charge >= 0.3 is 0 Å². The van der Waals surface area contributed by atoms with Crippen LogP contribution in [0.15, 0.2) is 66.2 Å². The van der Waals surface area contributed by atoms with Crippen molar-refractivity contribution in [2.45, 2.75) is 32.4 Å². The van der Waals surface area contributed by atoms with E-state index in [-0.39, 0.29) is 5.78 Å². The van der Waals surface area contributed by atoms with Crippen molar-refractivity contribution in [3.05, 3.63) is 82.9 Å². The molecule has 0 spiro atoms. The van der Waals surface area contributed by atoms with Crippen LogP contribution in [0.25, 0.3) is 0 Å². The first kappa shape index (κ1) is 14.7. The number of carbonyl (C=O) groups is 1. The molecule has 1 heterocycles. The Morgan fingerprint density at radius 1 is 1.00 bits per heavy atom. The van der Waals surface area contributed by atoms with Gasteiger partial charge in [0, 0.05) is 23.2 Å². The van der Waals surface area contributed by atoms with Gasteiger partial charge < -0.3 is 5.32 Å². The molecule has 2 heteroatoms. The Hall–Kier alpha value is -2.19. The fourth-order valence-electron chi connectivity index (χ4n) is 3.01. The normalized spacial score (nSPS) is 20.7. The molecule has 2 nitrogen and oxygen atoms in total. The minimum absolute atomic E-state index is 0.0795. The minimum atomic E-state index is 0.0795. The van der Waals surface area contributed by atoms with Crippen LogP contribution in [0, 0.1) is 0 Å². The van der Waals surface area contributed by atoms with Crippen molar-refractivity contribution < 1.29 is 4.79 Å². The van der Waals surface area contributed by atoms with Crippen LogP contribution in [-0.2, 0) is 6.42 Å². The molecule has 22 heavy (non-hydrogen) atoms. The van der Waals surface area contributed by atoms with Gasteiger partial charge in [0.1, 0.15) is 0 Å². The highest BCUT2D eigenvalue weighted by Gasteiger charge is 2.20. The zero-order chi connectivity index (χ0) is 15.5. The summed E-state index contributed by atoms with van der Waals surface area (Å²) in [6.45, 7) is 4.35. The first-order valence-electron chi connectivity index (χ1n) is 7.76. The second-order valence-electron chi connectivity index (χ2n) is 6.01. The molecule has 3 rings (SSSR count). The van der Waals surface area contributed by atoms with Crippen LogP contribution in [0.3, 0.4) is 0 Å². The quantitative estimate of drug-likeness (QED) is 0.686. The molecule has 0 saturated carbocycles. The van der Waals surface area contributed by atoms with Crippen LogP contribution in [0.2, 0.25) is 0 Å². The van der Waals surface area contributed by atoms with Crippen molar-refractivity contribution in [1.82, 2.24) is 5.32 Å². The molecule has 0 unspecified atom stereocenters. The lowest BCUT2D eigenvalue weighted by Gasteiger charge is -2.15. The maximum Gasteiger partial charge on any atom is 0.193 e. The number of carbonyl (C=O) groups excluding carboxylic acids is 1. The lowest BCUT2D eigenvalue weighted by atomic mass is 9.98. The molecule has 0 amide bonds. The summed E-state index contributed by atoms with van der Waals surface area (Å²) < 4.78 is 0. The van der Waals surface area contributed by atoms with E-state index in [4.69, 9.17) is 0 Å². The fraction of sp³-hybridized carbons (Fsp3) is 0.250. The Bertz CT molecular complexity index is 685. The Morgan fingerprint density at radius 2 is 1.64 bits per heavy atom. The van der Waals surface area contributed by atoms with E-state index in [2.05, 4.69) is 37.4 Å². The summed E-state index contributed by atoms with van der Waals surface area (Å²) in [6.07, 6.45) is 3.24. The highest BCUT2D eigenvalue weighted by atomic mass is 16.1. The van der Waals surface area contributed by atoms with Crippen molar-refractivity contribution in [2.24, 2.45) is 0 Å². The van der Waals surface area contributed by atoms with Gasteiger partial charge in [-0.1, -0.05) is 66.2 Å². The largest absolute Gasteiger partial charge is 0.304 e. The van der Waals surface area contributed by atoms with E-state index < -0.39 is 0 Å². The highest BCUT2D eigenvalue weighted by molar-refractivity contribution is 6.08. The molecule has 2 atom stereocenters. The average Bonchev–Trinajstić information content (AvgIpc) is 2.86. The molecule has 0 radical (unpaired) electrons. The highest BCUT2D eigenvalue weighted by Crippen LogP contribution is 2.18. The standard InChI is InChI=1S/C20H21NO/c1-14-12-15(2)21-19(14)13-16-8-10-18(11-9-16)20(22)17-6-4-3-5-7-17/h3-12,15,19,21H,13H2,1-2H3/t15-,19+/m0/s1. The summed E-state index contributed by atoms with van der Waals surface area (Å²) in [4.78, 5) is 12.4. The van der Waals surface area contributed by atoms with Gasteiger partial charge in [-0.05, 0) is 25.8 Å². The van der Waals surface area contributed by atoms with Crippen molar-refractivity contribution in [2.75, 3.05) is 0 Å². The second-order valence-corrected chi connectivity index (χ2v) is 6.01. The van der Waals surface area contributed by atoms with Gasteiger partial charge in [-0.25, -0.2) is 0 Å².